The van der Waals surface area contributed by atoms with Crippen molar-refractivity contribution in [2.75, 3.05) is 0 Å². The van der Waals surface area contributed by atoms with Crippen molar-refractivity contribution in [1.82, 2.24) is 0 Å². The molecular weight excluding hydrogens is 168 g/mol. The Kier molecular flexibility index (Phi) is 2.34. The lowest BCUT2D eigenvalue weighted by Crippen LogP contribution is -2.44. The largest absolute Gasteiger partial charge is 0.0533 e. The summed E-state index contributed by atoms with van der Waals surface area (Å²) in [6, 6.07) is 0. The average Bonchev–Trinajstić information content (AvgIpc) is 2.15. The zero-order valence-corrected chi connectivity index (χ0v) is 9.25. The first-order chi connectivity index (χ1) is 6.86. The zero-order chi connectivity index (χ0) is 9.54. The van der Waals surface area contributed by atoms with Crippen LogP contribution in [0.2, 0.25) is 0 Å². The predicted octanol–water partition coefficient (Wildman–Crippen LogP) is 4.06. The Morgan fingerprint density at radius 1 is 0.857 bits per heavy atom. The van der Waals surface area contributed by atoms with E-state index in [9.17, 15) is 0 Å². The standard InChI is InChI=1S/C14H23/c1-2-3-4-14-12-6-10-5-11(8-12)9-13(14)7-10/h10-14H,1-9H2. The smallest absolute Gasteiger partial charge is 0.0357 e. The van der Waals surface area contributed by atoms with Crippen LogP contribution in [0.3, 0.4) is 0 Å². The highest BCUT2D eigenvalue weighted by Gasteiger charge is 2.47. The van der Waals surface area contributed by atoms with E-state index >= 15 is 0 Å². The zero-order valence-electron chi connectivity index (χ0n) is 9.25. The van der Waals surface area contributed by atoms with E-state index < -0.39 is 0 Å². The van der Waals surface area contributed by atoms with Crippen molar-refractivity contribution in [2.24, 2.45) is 29.6 Å². The van der Waals surface area contributed by atoms with Gasteiger partial charge in [0.1, 0.15) is 0 Å². The van der Waals surface area contributed by atoms with Gasteiger partial charge in [-0.15, -0.1) is 0 Å². The number of hydrogen-bond donors (Lipinski definition) is 0. The van der Waals surface area contributed by atoms with Gasteiger partial charge in [-0.05, 0) is 68.1 Å². The van der Waals surface area contributed by atoms with Gasteiger partial charge in [0.05, 0.1) is 0 Å². The fourth-order valence-electron chi connectivity index (χ4n) is 4.89. The second-order valence-corrected chi connectivity index (χ2v) is 6.09. The molecule has 4 saturated carbocycles. The van der Waals surface area contributed by atoms with Crippen LogP contribution >= 0.6 is 0 Å². The summed E-state index contributed by atoms with van der Waals surface area (Å²) in [6.45, 7) is 3.99. The maximum absolute atomic E-state index is 3.99. The van der Waals surface area contributed by atoms with Gasteiger partial charge in [0.15, 0.2) is 0 Å². The Bertz CT molecular complexity index is 178. The summed E-state index contributed by atoms with van der Waals surface area (Å²) in [5, 5.41) is 0. The highest BCUT2D eigenvalue weighted by Crippen LogP contribution is 2.57. The Hall–Kier alpha value is 0. The van der Waals surface area contributed by atoms with E-state index in [2.05, 4.69) is 6.92 Å². The molecule has 4 rings (SSSR count). The van der Waals surface area contributed by atoms with Crippen molar-refractivity contribution < 1.29 is 0 Å². The van der Waals surface area contributed by atoms with E-state index in [0.29, 0.717) is 0 Å². The molecule has 0 saturated heterocycles. The number of hydrogen-bond acceptors (Lipinski definition) is 0. The van der Waals surface area contributed by atoms with Crippen LogP contribution in [-0.4, -0.2) is 0 Å². The summed E-state index contributed by atoms with van der Waals surface area (Å²) in [5.41, 5.74) is 0. The molecule has 4 fully saturated rings. The molecule has 0 aromatic heterocycles. The van der Waals surface area contributed by atoms with Crippen LogP contribution in [0.5, 0.6) is 0 Å². The lowest BCUT2D eigenvalue weighted by Gasteiger charge is -2.54. The Morgan fingerprint density at radius 2 is 1.43 bits per heavy atom. The van der Waals surface area contributed by atoms with Gasteiger partial charge in [-0.25, -0.2) is 0 Å². The lowest BCUT2D eigenvalue weighted by molar-refractivity contribution is -0.0401. The third-order valence-electron chi connectivity index (χ3n) is 5.21. The summed E-state index contributed by atoms with van der Waals surface area (Å²) in [5.74, 6) is 5.68. The average molecular weight is 191 g/mol. The van der Waals surface area contributed by atoms with Crippen LogP contribution in [0.1, 0.15) is 51.4 Å². The van der Waals surface area contributed by atoms with E-state index in [4.69, 9.17) is 0 Å². The van der Waals surface area contributed by atoms with Crippen LogP contribution in [0.4, 0.5) is 0 Å². The summed E-state index contributed by atoms with van der Waals surface area (Å²) in [4.78, 5) is 0. The molecule has 0 heteroatoms. The fourth-order valence-corrected chi connectivity index (χ4v) is 4.89. The Balaban J connectivity index is 1.69. The molecule has 0 heterocycles. The summed E-state index contributed by atoms with van der Waals surface area (Å²) >= 11 is 0. The third kappa shape index (κ3) is 1.42. The van der Waals surface area contributed by atoms with Crippen LogP contribution in [0.25, 0.3) is 0 Å². The summed E-state index contributed by atoms with van der Waals surface area (Å²) in [6.07, 6.45) is 12.0. The van der Waals surface area contributed by atoms with Gasteiger partial charge in [-0.1, -0.05) is 19.8 Å². The summed E-state index contributed by atoms with van der Waals surface area (Å²) < 4.78 is 0. The monoisotopic (exact) mass is 191 g/mol. The highest BCUT2D eigenvalue weighted by atomic mass is 14.5. The van der Waals surface area contributed by atoms with Gasteiger partial charge >= 0.3 is 0 Å². The van der Waals surface area contributed by atoms with Gasteiger partial charge in [0.2, 0.25) is 0 Å². The SMILES string of the molecule is [CH2]CCCC1C2CC3CC(C2)CC1C3. The molecule has 79 valence electrons. The molecule has 0 unspecified atom stereocenters. The van der Waals surface area contributed by atoms with E-state index in [1.54, 1.807) is 32.1 Å². The molecule has 0 aromatic carbocycles. The van der Waals surface area contributed by atoms with Crippen molar-refractivity contribution >= 4 is 0 Å². The molecule has 0 N–H and O–H groups in total. The minimum Gasteiger partial charge on any atom is -0.0533 e. The van der Waals surface area contributed by atoms with Gasteiger partial charge in [0, 0.05) is 0 Å². The van der Waals surface area contributed by atoms with Crippen molar-refractivity contribution in [1.29, 1.82) is 0 Å². The Labute approximate surface area is 88.5 Å². The first-order valence-corrected chi connectivity index (χ1v) is 6.66. The molecule has 4 bridgehead atoms. The van der Waals surface area contributed by atoms with Crippen LogP contribution < -0.4 is 0 Å². The van der Waals surface area contributed by atoms with Crippen molar-refractivity contribution in [3.8, 4) is 0 Å². The number of unbranched alkanes of at least 4 members (excludes halogenated alkanes) is 1. The van der Waals surface area contributed by atoms with Crippen LogP contribution in [0, 0.1) is 36.5 Å². The van der Waals surface area contributed by atoms with E-state index in [-0.39, 0.29) is 0 Å². The fraction of sp³-hybridized carbons (Fsp3) is 0.929. The van der Waals surface area contributed by atoms with Crippen LogP contribution in [-0.2, 0) is 0 Å². The third-order valence-corrected chi connectivity index (χ3v) is 5.21. The van der Waals surface area contributed by atoms with Crippen LogP contribution in [0.15, 0.2) is 0 Å². The minimum absolute atomic E-state index is 1.12. The van der Waals surface area contributed by atoms with Gasteiger partial charge in [-0.2, -0.15) is 0 Å². The quantitative estimate of drug-likeness (QED) is 0.631. The maximum Gasteiger partial charge on any atom is -0.0357 e. The normalized spacial score (nSPS) is 49.9. The maximum atomic E-state index is 3.99. The topological polar surface area (TPSA) is 0 Å². The molecule has 0 amide bonds. The predicted molar refractivity (Wildman–Crippen MR) is 59.7 cm³/mol. The number of rotatable bonds is 3. The minimum atomic E-state index is 1.12. The second kappa shape index (κ2) is 3.54. The van der Waals surface area contributed by atoms with Gasteiger partial charge in [-0.3, -0.25) is 0 Å². The second-order valence-electron chi connectivity index (χ2n) is 6.09. The van der Waals surface area contributed by atoms with E-state index in [0.717, 1.165) is 36.0 Å². The molecule has 4 aliphatic carbocycles. The molecule has 14 heavy (non-hydrogen) atoms. The molecule has 4 aliphatic rings. The summed E-state index contributed by atoms with van der Waals surface area (Å²) in [7, 11) is 0. The Morgan fingerprint density at radius 3 is 1.93 bits per heavy atom. The molecule has 0 aromatic rings. The molecule has 0 aliphatic heterocycles. The first kappa shape index (κ1) is 9.24. The molecule has 0 nitrogen and oxygen atoms in total. The van der Waals surface area contributed by atoms with Crippen molar-refractivity contribution in [3.05, 3.63) is 6.92 Å². The van der Waals surface area contributed by atoms with Gasteiger partial charge in [0.25, 0.3) is 0 Å². The molecule has 0 spiro atoms. The van der Waals surface area contributed by atoms with Gasteiger partial charge < -0.3 is 0 Å². The molecular formula is C14H23. The van der Waals surface area contributed by atoms with Crippen molar-refractivity contribution in [2.45, 2.75) is 51.4 Å². The molecule has 1 radical (unpaired) electrons. The highest BCUT2D eigenvalue weighted by molar-refractivity contribution is 4.97. The lowest BCUT2D eigenvalue weighted by atomic mass is 9.51. The molecule has 0 atom stereocenters. The van der Waals surface area contributed by atoms with E-state index in [1.165, 1.54) is 12.8 Å². The van der Waals surface area contributed by atoms with E-state index in [1.807, 2.05) is 0 Å². The van der Waals surface area contributed by atoms with Crippen molar-refractivity contribution in [3.63, 3.8) is 0 Å². The first-order valence-electron chi connectivity index (χ1n) is 6.66.